The smallest absolute Gasteiger partial charge is 0.124 e. The van der Waals surface area contributed by atoms with Crippen molar-refractivity contribution in [1.29, 1.82) is 0 Å². The lowest BCUT2D eigenvalue weighted by Crippen LogP contribution is -2.14. The summed E-state index contributed by atoms with van der Waals surface area (Å²) in [5.41, 5.74) is 3.53. The molecular weight excluding hydrogens is 761 g/mol. The van der Waals surface area contributed by atoms with Crippen molar-refractivity contribution in [3.05, 3.63) is 168 Å². The van der Waals surface area contributed by atoms with Gasteiger partial charge in [0.1, 0.15) is 49.4 Å². The van der Waals surface area contributed by atoms with Crippen molar-refractivity contribution in [3.8, 4) is 23.0 Å². The Balaban J connectivity index is 1.53. The first-order valence-corrected chi connectivity index (χ1v) is 20.8. The summed E-state index contributed by atoms with van der Waals surface area (Å²) >= 11 is 1.68. The van der Waals surface area contributed by atoms with Crippen molar-refractivity contribution in [1.82, 2.24) is 0 Å². The third-order valence-electron chi connectivity index (χ3n) is 10.4. The SMILES string of the molecule is OCCOc1ccc2ccccc2c1C(SC(c1c(OCCO)ccc2ccccc12)c1c(OCCO)ccc2ccccc12)c1c(OCCO)ccc2ccccc12. The van der Waals surface area contributed by atoms with E-state index in [1.807, 2.05) is 97.1 Å². The minimum absolute atomic E-state index is 0.0838. The minimum Gasteiger partial charge on any atom is -0.491 e. The van der Waals surface area contributed by atoms with Crippen LogP contribution in [0.4, 0.5) is 0 Å². The lowest BCUT2D eigenvalue weighted by Gasteiger charge is -2.32. The molecule has 4 N–H and O–H groups in total. The van der Waals surface area contributed by atoms with Gasteiger partial charge in [0.25, 0.3) is 0 Å². The summed E-state index contributed by atoms with van der Waals surface area (Å²) in [6.45, 7) is -0.351. The van der Waals surface area contributed by atoms with E-state index < -0.39 is 10.5 Å². The highest BCUT2D eigenvalue weighted by molar-refractivity contribution is 8.00. The predicted molar refractivity (Wildman–Crippen MR) is 237 cm³/mol. The molecule has 0 spiro atoms. The van der Waals surface area contributed by atoms with E-state index in [9.17, 15) is 20.4 Å². The van der Waals surface area contributed by atoms with E-state index in [0.717, 1.165) is 65.3 Å². The molecule has 0 heterocycles. The molecule has 0 radical (unpaired) electrons. The summed E-state index contributed by atoms with van der Waals surface area (Å²) in [6.07, 6.45) is 0. The number of rotatable bonds is 18. The third-order valence-corrected chi connectivity index (χ3v) is 11.9. The Morgan fingerprint density at radius 3 is 0.797 bits per heavy atom. The summed E-state index contributed by atoms with van der Waals surface area (Å²) < 4.78 is 25.9. The third kappa shape index (κ3) is 8.26. The highest BCUT2D eigenvalue weighted by Crippen LogP contribution is 2.59. The number of aliphatic hydroxyl groups excluding tert-OH is 4. The molecule has 59 heavy (non-hydrogen) atoms. The second kappa shape index (κ2) is 18.8. The molecule has 0 aliphatic rings. The monoisotopic (exact) mass is 806 g/mol. The number of ether oxygens (including phenoxy) is 4. The molecule has 8 nitrogen and oxygen atoms in total. The molecule has 0 fully saturated rings. The first-order valence-electron chi connectivity index (χ1n) is 19.8. The van der Waals surface area contributed by atoms with Crippen LogP contribution in [0.2, 0.25) is 0 Å². The summed E-state index contributed by atoms with van der Waals surface area (Å²) in [6, 6.07) is 48.9. The zero-order valence-corrected chi connectivity index (χ0v) is 33.3. The number of thioether (sulfide) groups is 1. The van der Waals surface area contributed by atoms with Gasteiger partial charge in [-0.2, -0.15) is 0 Å². The van der Waals surface area contributed by atoms with Gasteiger partial charge in [-0.3, -0.25) is 0 Å². The molecule has 8 rings (SSSR count). The van der Waals surface area contributed by atoms with Crippen LogP contribution in [-0.4, -0.2) is 73.3 Å². The summed E-state index contributed by atoms with van der Waals surface area (Å²) in [4.78, 5) is 0. The van der Waals surface area contributed by atoms with E-state index in [-0.39, 0.29) is 52.9 Å². The fourth-order valence-corrected chi connectivity index (χ4v) is 9.80. The normalized spacial score (nSPS) is 11.6. The van der Waals surface area contributed by atoms with Gasteiger partial charge in [-0.15, -0.1) is 11.8 Å². The largest absolute Gasteiger partial charge is 0.491 e. The van der Waals surface area contributed by atoms with Crippen molar-refractivity contribution in [2.45, 2.75) is 10.5 Å². The fraction of sp³-hybridized carbons (Fsp3) is 0.200. The van der Waals surface area contributed by atoms with Crippen LogP contribution in [0, 0.1) is 0 Å². The van der Waals surface area contributed by atoms with Gasteiger partial charge in [0.05, 0.1) is 36.9 Å². The van der Waals surface area contributed by atoms with E-state index in [2.05, 4.69) is 48.5 Å². The predicted octanol–water partition coefficient (Wildman–Crippen LogP) is 9.40. The van der Waals surface area contributed by atoms with Gasteiger partial charge < -0.3 is 39.4 Å². The Kier molecular flexibility index (Phi) is 12.8. The summed E-state index contributed by atoms with van der Waals surface area (Å²) in [5, 5.41) is 47.1. The molecule has 0 amide bonds. The van der Waals surface area contributed by atoms with Gasteiger partial charge in [0.2, 0.25) is 0 Å². The second-order valence-corrected chi connectivity index (χ2v) is 15.2. The number of benzene rings is 8. The van der Waals surface area contributed by atoms with E-state index in [1.165, 1.54) is 0 Å². The maximum absolute atomic E-state index is 10.1. The molecule has 8 aromatic carbocycles. The molecule has 0 aliphatic heterocycles. The molecule has 0 bridgehead atoms. The maximum Gasteiger partial charge on any atom is 0.124 e. The molecule has 0 aromatic heterocycles. The van der Waals surface area contributed by atoms with Crippen molar-refractivity contribution in [2.75, 3.05) is 52.9 Å². The van der Waals surface area contributed by atoms with Crippen LogP contribution < -0.4 is 18.9 Å². The minimum atomic E-state index is -0.533. The van der Waals surface area contributed by atoms with Gasteiger partial charge in [-0.1, -0.05) is 121 Å². The van der Waals surface area contributed by atoms with Crippen LogP contribution in [-0.2, 0) is 0 Å². The van der Waals surface area contributed by atoms with Gasteiger partial charge >= 0.3 is 0 Å². The van der Waals surface area contributed by atoms with Gasteiger partial charge in [-0.05, 0) is 67.4 Å². The zero-order chi connectivity index (χ0) is 40.6. The number of hydrogen-bond donors (Lipinski definition) is 4. The Bertz CT molecular complexity index is 2330. The van der Waals surface area contributed by atoms with Crippen LogP contribution in [0.3, 0.4) is 0 Å². The van der Waals surface area contributed by atoms with E-state index in [0.29, 0.717) is 23.0 Å². The Morgan fingerprint density at radius 2 is 0.559 bits per heavy atom. The number of aliphatic hydroxyl groups is 4. The van der Waals surface area contributed by atoms with Gasteiger partial charge in [-0.25, -0.2) is 0 Å². The average Bonchev–Trinajstić information content (AvgIpc) is 3.29. The highest BCUT2D eigenvalue weighted by Gasteiger charge is 2.35. The molecule has 0 saturated carbocycles. The molecule has 300 valence electrons. The Morgan fingerprint density at radius 1 is 0.322 bits per heavy atom. The number of hydrogen-bond acceptors (Lipinski definition) is 9. The molecule has 0 unspecified atom stereocenters. The van der Waals surface area contributed by atoms with Crippen LogP contribution in [0.15, 0.2) is 146 Å². The average molecular weight is 807 g/mol. The Labute approximate surface area is 347 Å². The van der Waals surface area contributed by atoms with E-state index >= 15 is 0 Å². The quantitative estimate of drug-likeness (QED) is 0.0673. The van der Waals surface area contributed by atoms with Crippen molar-refractivity contribution in [3.63, 3.8) is 0 Å². The first kappa shape index (κ1) is 40.0. The second-order valence-electron chi connectivity index (χ2n) is 14.0. The van der Waals surface area contributed by atoms with Crippen molar-refractivity contribution in [2.24, 2.45) is 0 Å². The van der Waals surface area contributed by atoms with Crippen LogP contribution in [0.1, 0.15) is 32.8 Å². The highest BCUT2D eigenvalue weighted by atomic mass is 32.2. The van der Waals surface area contributed by atoms with Crippen LogP contribution >= 0.6 is 11.8 Å². The molecular formula is C50H46O8S. The summed E-state index contributed by atoms with van der Waals surface area (Å²) in [5.74, 6) is 2.44. The van der Waals surface area contributed by atoms with Crippen molar-refractivity contribution >= 4 is 54.9 Å². The molecule has 0 aliphatic carbocycles. The van der Waals surface area contributed by atoms with Crippen molar-refractivity contribution < 1.29 is 39.4 Å². The molecule has 0 atom stereocenters. The van der Waals surface area contributed by atoms with Gasteiger partial charge in [0.15, 0.2) is 0 Å². The molecule has 0 saturated heterocycles. The summed E-state index contributed by atoms with van der Waals surface area (Å²) in [7, 11) is 0. The maximum atomic E-state index is 10.1. The van der Waals surface area contributed by atoms with E-state index in [1.54, 1.807) is 11.8 Å². The van der Waals surface area contributed by atoms with Crippen LogP contribution in [0.5, 0.6) is 23.0 Å². The molecule has 8 aromatic rings. The lowest BCUT2D eigenvalue weighted by atomic mass is 9.92. The van der Waals surface area contributed by atoms with Gasteiger partial charge in [0, 0.05) is 22.3 Å². The first-order chi connectivity index (χ1) is 29.1. The van der Waals surface area contributed by atoms with Crippen LogP contribution in [0.25, 0.3) is 43.1 Å². The lowest BCUT2D eigenvalue weighted by molar-refractivity contribution is 0.199. The van der Waals surface area contributed by atoms with E-state index in [4.69, 9.17) is 18.9 Å². The number of fused-ring (bicyclic) bond motifs is 4. The fourth-order valence-electron chi connectivity index (χ4n) is 8.01. The standard InChI is InChI=1S/C50H46O8S/c51-25-29-55-41-21-17-33-9-1-5-13-37(33)45(41)49(46-38-14-6-2-10-34(38)18-22-42(46)56-30-26-52)59-50(47-39-15-7-3-11-35(39)19-23-43(47)57-31-27-53)48-40-16-8-4-12-36(40)20-24-44(48)58-32-28-54/h1-24,49-54H,25-32H2. The zero-order valence-electron chi connectivity index (χ0n) is 32.5. The topological polar surface area (TPSA) is 118 Å². The Hall–Kier alpha value is -5.81. The molecule has 9 heteroatoms.